The summed E-state index contributed by atoms with van der Waals surface area (Å²) in [5.41, 5.74) is 9.06. The first kappa shape index (κ1) is 24.2. The van der Waals surface area contributed by atoms with Gasteiger partial charge in [-0.3, -0.25) is 0 Å². The molecule has 0 aliphatic heterocycles. The lowest BCUT2D eigenvalue weighted by atomic mass is 9.85. The lowest BCUT2D eigenvalue weighted by Crippen LogP contribution is -2.44. The number of nitrogens with two attached hydrogens (primary N) is 2. The number of rotatable bonds is 9. The SMILES string of the molecule is CCc1nc(/C(N)=C(\CNC(=O)N(C)CC2CCC2)N(C)N)ccc1OC1CCCCC1. The Hall–Kier alpha value is -2.48. The van der Waals surface area contributed by atoms with E-state index in [1.807, 2.05) is 19.2 Å². The van der Waals surface area contributed by atoms with Gasteiger partial charge in [-0.05, 0) is 63.0 Å². The summed E-state index contributed by atoms with van der Waals surface area (Å²) in [4.78, 5) is 19.0. The first-order chi connectivity index (χ1) is 15.4. The fourth-order valence-electron chi connectivity index (χ4n) is 4.36. The van der Waals surface area contributed by atoms with Crippen LogP contribution in [-0.4, -0.2) is 54.2 Å². The number of pyridine rings is 1. The Labute approximate surface area is 192 Å². The van der Waals surface area contributed by atoms with Gasteiger partial charge in [0.2, 0.25) is 0 Å². The molecule has 0 aromatic carbocycles. The maximum atomic E-state index is 12.5. The lowest BCUT2D eigenvalue weighted by molar-refractivity contribution is 0.153. The number of carbonyl (C=O) groups excluding carboxylic acids is 1. The predicted octanol–water partition coefficient (Wildman–Crippen LogP) is 3.23. The molecule has 0 atom stereocenters. The van der Waals surface area contributed by atoms with Crippen LogP contribution in [0.1, 0.15) is 69.7 Å². The number of urea groups is 1. The van der Waals surface area contributed by atoms with Crippen molar-refractivity contribution in [3.05, 3.63) is 29.2 Å². The third kappa shape index (κ3) is 6.28. The Morgan fingerprint density at radius 2 is 1.88 bits per heavy atom. The van der Waals surface area contributed by atoms with Crippen LogP contribution in [0.4, 0.5) is 4.79 Å². The van der Waals surface area contributed by atoms with Crippen molar-refractivity contribution in [2.24, 2.45) is 17.5 Å². The van der Waals surface area contributed by atoms with Crippen molar-refractivity contribution in [2.75, 3.05) is 27.2 Å². The topological polar surface area (TPSA) is 110 Å². The number of hydrogen-bond acceptors (Lipinski definition) is 6. The smallest absolute Gasteiger partial charge is 0.317 e. The molecule has 32 heavy (non-hydrogen) atoms. The van der Waals surface area contributed by atoms with E-state index in [1.54, 1.807) is 11.9 Å². The van der Waals surface area contributed by atoms with Crippen molar-refractivity contribution in [1.82, 2.24) is 20.2 Å². The molecule has 1 heterocycles. The number of carbonyl (C=O) groups is 1. The van der Waals surface area contributed by atoms with E-state index in [9.17, 15) is 4.79 Å². The van der Waals surface area contributed by atoms with Crippen molar-refractivity contribution < 1.29 is 9.53 Å². The maximum Gasteiger partial charge on any atom is 0.317 e. The van der Waals surface area contributed by atoms with E-state index in [1.165, 1.54) is 43.5 Å². The van der Waals surface area contributed by atoms with E-state index in [2.05, 4.69) is 12.2 Å². The summed E-state index contributed by atoms with van der Waals surface area (Å²) in [6.07, 6.45) is 10.6. The Morgan fingerprint density at radius 3 is 2.47 bits per heavy atom. The molecule has 5 N–H and O–H groups in total. The van der Waals surface area contributed by atoms with Crippen molar-refractivity contribution >= 4 is 11.7 Å². The molecule has 0 spiro atoms. The van der Waals surface area contributed by atoms with Crippen molar-refractivity contribution in [3.63, 3.8) is 0 Å². The number of aryl methyl sites for hydroxylation is 1. The second kappa shape index (κ2) is 11.4. The number of hydrogen-bond donors (Lipinski definition) is 3. The summed E-state index contributed by atoms with van der Waals surface area (Å²) in [5.74, 6) is 7.51. The average Bonchev–Trinajstić information content (AvgIpc) is 2.76. The molecule has 0 radical (unpaired) electrons. The summed E-state index contributed by atoms with van der Waals surface area (Å²) in [5, 5.41) is 4.38. The molecule has 178 valence electrons. The van der Waals surface area contributed by atoms with E-state index in [4.69, 9.17) is 21.3 Å². The van der Waals surface area contributed by atoms with Gasteiger partial charge in [0.15, 0.2) is 0 Å². The molecule has 8 heteroatoms. The standard InChI is InChI=1S/C24H40N6O2/c1-4-19-22(32-18-11-6-5-7-12-18)14-13-20(28-19)23(25)21(30(3)26)15-27-24(31)29(2)16-17-9-8-10-17/h13-14,17-18H,4-12,15-16,25-26H2,1-3H3,(H,27,31)/b23-21-. The van der Waals surface area contributed by atoms with Gasteiger partial charge in [-0.2, -0.15) is 0 Å². The molecule has 0 saturated heterocycles. The number of aromatic nitrogens is 1. The van der Waals surface area contributed by atoms with Crippen LogP contribution >= 0.6 is 0 Å². The largest absolute Gasteiger partial charge is 0.489 e. The second-order valence-electron chi connectivity index (χ2n) is 9.18. The number of ether oxygens (including phenoxy) is 1. The second-order valence-corrected chi connectivity index (χ2v) is 9.18. The van der Waals surface area contributed by atoms with Gasteiger partial charge in [-0.1, -0.05) is 19.8 Å². The minimum Gasteiger partial charge on any atom is -0.489 e. The van der Waals surface area contributed by atoms with Crippen LogP contribution in [0, 0.1) is 5.92 Å². The molecular formula is C24H40N6O2. The van der Waals surface area contributed by atoms with Crippen LogP contribution in [0.25, 0.3) is 5.70 Å². The molecule has 0 unspecified atom stereocenters. The van der Waals surface area contributed by atoms with Crippen LogP contribution in [0.15, 0.2) is 17.8 Å². The summed E-state index contributed by atoms with van der Waals surface area (Å²) < 4.78 is 6.25. The van der Waals surface area contributed by atoms with E-state index in [-0.39, 0.29) is 18.7 Å². The summed E-state index contributed by atoms with van der Waals surface area (Å²) in [7, 11) is 3.54. The molecule has 8 nitrogen and oxygen atoms in total. The summed E-state index contributed by atoms with van der Waals surface area (Å²) in [6, 6.07) is 3.71. The molecule has 2 saturated carbocycles. The fraction of sp³-hybridized carbons (Fsp3) is 0.667. The van der Waals surface area contributed by atoms with Crippen LogP contribution in [0.3, 0.4) is 0 Å². The number of nitrogens with one attached hydrogen (secondary N) is 1. The molecule has 2 amide bonds. The van der Waals surface area contributed by atoms with Gasteiger partial charge in [-0.15, -0.1) is 0 Å². The van der Waals surface area contributed by atoms with Gasteiger partial charge in [-0.25, -0.2) is 15.6 Å². The van der Waals surface area contributed by atoms with Gasteiger partial charge in [0.05, 0.1) is 35.4 Å². The summed E-state index contributed by atoms with van der Waals surface area (Å²) in [6.45, 7) is 3.08. The van der Waals surface area contributed by atoms with E-state index in [0.717, 1.165) is 37.3 Å². The molecule has 1 aromatic rings. The fourth-order valence-corrected chi connectivity index (χ4v) is 4.36. The monoisotopic (exact) mass is 444 g/mol. The van der Waals surface area contributed by atoms with E-state index in [0.29, 0.717) is 23.0 Å². The maximum absolute atomic E-state index is 12.5. The zero-order valence-corrected chi connectivity index (χ0v) is 19.9. The number of amides is 2. The Kier molecular flexibility index (Phi) is 8.61. The zero-order valence-electron chi connectivity index (χ0n) is 19.9. The molecule has 2 aliphatic rings. The predicted molar refractivity (Wildman–Crippen MR) is 128 cm³/mol. The van der Waals surface area contributed by atoms with Crippen LogP contribution < -0.4 is 21.6 Å². The highest BCUT2D eigenvalue weighted by Crippen LogP contribution is 2.28. The first-order valence-corrected chi connectivity index (χ1v) is 12.0. The average molecular weight is 445 g/mol. The highest BCUT2D eigenvalue weighted by Gasteiger charge is 2.22. The highest BCUT2D eigenvalue weighted by molar-refractivity contribution is 5.75. The van der Waals surface area contributed by atoms with E-state index >= 15 is 0 Å². The van der Waals surface area contributed by atoms with Crippen LogP contribution in [-0.2, 0) is 6.42 Å². The normalized spacial score (nSPS) is 17.9. The van der Waals surface area contributed by atoms with E-state index < -0.39 is 0 Å². The van der Waals surface area contributed by atoms with Gasteiger partial charge in [0.1, 0.15) is 5.75 Å². The third-order valence-electron chi connectivity index (χ3n) is 6.64. The van der Waals surface area contributed by atoms with Gasteiger partial charge in [0.25, 0.3) is 0 Å². The molecule has 2 aliphatic carbocycles. The molecule has 0 bridgehead atoms. The lowest BCUT2D eigenvalue weighted by Gasteiger charge is -2.30. The van der Waals surface area contributed by atoms with Gasteiger partial charge < -0.3 is 25.7 Å². The highest BCUT2D eigenvalue weighted by atomic mass is 16.5. The quantitative estimate of drug-likeness (QED) is 0.398. The summed E-state index contributed by atoms with van der Waals surface area (Å²) >= 11 is 0. The number of likely N-dealkylation sites (N-methyl/N-ethyl adjacent to an activating group) is 1. The Balaban J connectivity index is 1.69. The minimum atomic E-state index is -0.123. The minimum absolute atomic E-state index is 0.123. The van der Waals surface area contributed by atoms with Crippen LogP contribution in [0.5, 0.6) is 5.75 Å². The van der Waals surface area contributed by atoms with Crippen molar-refractivity contribution in [3.8, 4) is 5.75 Å². The first-order valence-electron chi connectivity index (χ1n) is 12.0. The Morgan fingerprint density at radius 1 is 1.16 bits per heavy atom. The van der Waals surface area contributed by atoms with Crippen LogP contribution in [0.2, 0.25) is 0 Å². The van der Waals surface area contributed by atoms with Crippen molar-refractivity contribution in [2.45, 2.75) is 70.8 Å². The molecule has 2 fully saturated rings. The number of hydrazine groups is 1. The van der Waals surface area contributed by atoms with Gasteiger partial charge in [0, 0.05) is 20.6 Å². The van der Waals surface area contributed by atoms with Crippen molar-refractivity contribution in [1.29, 1.82) is 0 Å². The molecule has 3 rings (SSSR count). The third-order valence-corrected chi connectivity index (χ3v) is 6.64. The molecule has 1 aromatic heterocycles. The molecular weight excluding hydrogens is 404 g/mol. The Bertz CT molecular complexity index is 800. The van der Waals surface area contributed by atoms with Gasteiger partial charge >= 0.3 is 6.03 Å². The zero-order chi connectivity index (χ0) is 23.1. The number of nitrogens with zero attached hydrogens (tertiary/aromatic N) is 3.